The maximum Gasteiger partial charge on any atom is 0.0122 e. The summed E-state index contributed by atoms with van der Waals surface area (Å²) in [5, 5.41) is 2.80. The van der Waals surface area contributed by atoms with Crippen molar-refractivity contribution in [1.29, 1.82) is 0 Å². The van der Waals surface area contributed by atoms with Crippen molar-refractivity contribution in [2.75, 3.05) is 0 Å². The zero-order valence-electron chi connectivity index (χ0n) is 14.8. The van der Waals surface area contributed by atoms with Crippen LogP contribution in [0, 0.1) is 5.41 Å². The molecule has 2 aliphatic rings. The van der Waals surface area contributed by atoms with Crippen molar-refractivity contribution in [2.24, 2.45) is 5.41 Å². The molecule has 0 heteroatoms. The molecule has 0 saturated carbocycles. The summed E-state index contributed by atoms with van der Waals surface area (Å²) in [5.74, 6) is 0. The lowest BCUT2D eigenvalue weighted by atomic mass is 9.76. The first-order valence-corrected chi connectivity index (χ1v) is 9.24. The highest BCUT2D eigenvalue weighted by molar-refractivity contribution is 5.87. The summed E-state index contributed by atoms with van der Waals surface area (Å²) in [6.07, 6.45) is 4.64. The molecule has 0 fully saturated rings. The van der Waals surface area contributed by atoms with Gasteiger partial charge in [0.2, 0.25) is 0 Å². The molecule has 3 aromatic carbocycles. The zero-order valence-corrected chi connectivity index (χ0v) is 14.8. The van der Waals surface area contributed by atoms with E-state index in [2.05, 4.69) is 86.7 Å². The molecule has 2 aliphatic carbocycles. The van der Waals surface area contributed by atoms with Gasteiger partial charge in [0.15, 0.2) is 0 Å². The van der Waals surface area contributed by atoms with Crippen LogP contribution >= 0.6 is 0 Å². The summed E-state index contributed by atoms with van der Waals surface area (Å²) >= 11 is 0. The third-order valence-electron chi connectivity index (χ3n) is 6.13. The Morgan fingerprint density at radius 1 is 0.800 bits per heavy atom. The summed E-state index contributed by atoms with van der Waals surface area (Å²) in [7, 11) is 0. The minimum absolute atomic E-state index is 0.105. The summed E-state index contributed by atoms with van der Waals surface area (Å²) in [6, 6.07) is 24.6. The molecule has 0 heterocycles. The number of rotatable bonds is 2. The second-order valence-corrected chi connectivity index (χ2v) is 7.54. The van der Waals surface area contributed by atoms with E-state index in [4.69, 9.17) is 0 Å². The van der Waals surface area contributed by atoms with E-state index in [9.17, 15) is 0 Å². The van der Waals surface area contributed by atoms with Gasteiger partial charge < -0.3 is 0 Å². The molecule has 0 amide bonds. The molecule has 0 aromatic heterocycles. The second-order valence-electron chi connectivity index (χ2n) is 7.54. The summed E-state index contributed by atoms with van der Waals surface area (Å²) < 4.78 is 0. The van der Waals surface area contributed by atoms with Crippen LogP contribution in [0.1, 0.15) is 37.0 Å². The smallest absolute Gasteiger partial charge is 0.0122 e. The van der Waals surface area contributed by atoms with Gasteiger partial charge in [0.25, 0.3) is 0 Å². The van der Waals surface area contributed by atoms with Crippen molar-refractivity contribution >= 4 is 11.6 Å². The van der Waals surface area contributed by atoms with Gasteiger partial charge in [-0.05, 0) is 56.7 Å². The van der Waals surface area contributed by atoms with Gasteiger partial charge in [-0.25, -0.2) is 0 Å². The fourth-order valence-electron chi connectivity index (χ4n) is 4.70. The maximum atomic E-state index is 2.47. The topological polar surface area (TPSA) is 0 Å². The summed E-state index contributed by atoms with van der Waals surface area (Å²) in [4.78, 5) is 0. The van der Waals surface area contributed by atoms with E-state index in [0.29, 0.717) is 0 Å². The standard InChI is InChI=1S/C25H22/c1-3-25(2)16-18-10-5-7-12-20(18)24(25)22-14-8-13-21-19-11-6-4-9-17(19)15-23(21)22/h4-14,16H,3,15H2,1-2H3. The fraction of sp³-hybridized carbons (Fsp3) is 0.200. The van der Waals surface area contributed by atoms with E-state index in [0.717, 1.165) is 12.8 Å². The van der Waals surface area contributed by atoms with Gasteiger partial charge >= 0.3 is 0 Å². The molecule has 3 aromatic rings. The van der Waals surface area contributed by atoms with Crippen LogP contribution in [0.4, 0.5) is 0 Å². The molecule has 122 valence electrons. The molecule has 0 radical (unpaired) electrons. The van der Waals surface area contributed by atoms with Gasteiger partial charge in [0.1, 0.15) is 0 Å². The lowest BCUT2D eigenvalue weighted by Crippen LogP contribution is -2.23. The Bertz CT molecular complexity index is 1120. The van der Waals surface area contributed by atoms with Gasteiger partial charge in [-0.2, -0.15) is 0 Å². The average molecular weight is 322 g/mol. The third kappa shape index (κ3) is 2.00. The van der Waals surface area contributed by atoms with E-state index >= 15 is 0 Å². The number of fused-ring (bicyclic) bond motifs is 4. The van der Waals surface area contributed by atoms with Crippen LogP contribution in [0.5, 0.6) is 0 Å². The van der Waals surface area contributed by atoms with Crippen LogP contribution in [0.15, 0.2) is 66.7 Å². The lowest BCUT2D eigenvalue weighted by Gasteiger charge is -2.27. The van der Waals surface area contributed by atoms with E-state index in [1.54, 1.807) is 0 Å². The normalized spacial score (nSPS) is 20.0. The van der Waals surface area contributed by atoms with Gasteiger partial charge in [-0.15, -0.1) is 0 Å². The molecular formula is C25H22. The Morgan fingerprint density at radius 3 is 2.40 bits per heavy atom. The number of hydrogen-bond acceptors (Lipinski definition) is 0. The van der Waals surface area contributed by atoms with Crippen molar-refractivity contribution in [3.05, 3.63) is 93.9 Å². The van der Waals surface area contributed by atoms with Crippen molar-refractivity contribution < 1.29 is 0 Å². The summed E-state index contributed by atoms with van der Waals surface area (Å²) in [5.41, 5.74) is 8.85. The molecule has 1 atom stereocenters. The van der Waals surface area contributed by atoms with Crippen LogP contribution in [-0.2, 0) is 6.42 Å². The molecule has 5 rings (SSSR count). The van der Waals surface area contributed by atoms with Gasteiger partial charge in [0, 0.05) is 5.41 Å². The molecule has 25 heavy (non-hydrogen) atoms. The molecule has 0 aliphatic heterocycles. The van der Waals surface area contributed by atoms with Crippen LogP contribution < -0.4 is 10.4 Å². The van der Waals surface area contributed by atoms with Crippen molar-refractivity contribution in [3.8, 4) is 11.1 Å². The first-order chi connectivity index (χ1) is 12.2. The van der Waals surface area contributed by atoms with Crippen molar-refractivity contribution in [3.63, 3.8) is 0 Å². The van der Waals surface area contributed by atoms with Crippen molar-refractivity contribution in [2.45, 2.75) is 26.7 Å². The highest BCUT2D eigenvalue weighted by Gasteiger charge is 2.33. The SMILES string of the molecule is CCC1(C)C=c2ccccc2=C1c1cccc2c1Cc1ccccc1-2. The van der Waals surface area contributed by atoms with E-state index in [1.165, 1.54) is 43.8 Å². The monoisotopic (exact) mass is 322 g/mol. The second kappa shape index (κ2) is 5.20. The molecule has 0 bridgehead atoms. The predicted octanol–water partition coefficient (Wildman–Crippen LogP) is 4.67. The van der Waals surface area contributed by atoms with Crippen LogP contribution in [-0.4, -0.2) is 0 Å². The molecule has 0 spiro atoms. The van der Waals surface area contributed by atoms with E-state index < -0.39 is 0 Å². The van der Waals surface area contributed by atoms with Crippen LogP contribution in [0.2, 0.25) is 0 Å². The Hall–Kier alpha value is -2.60. The Balaban J connectivity index is 1.84. The molecule has 0 N–H and O–H groups in total. The number of hydrogen-bond donors (Lipinski definition) is 0. The number of benzene rings is 3. The molecule has 0 saturated heterocycles. The maximum absolute atomic E-state index is 2.47. The Labute approximate surface area is 149 Å². The molecule has 0 nitrogen and oxygen atoms in total. The van der Waals surface area contributed by atoms with Crippen LogP contribution in [0.25, 0.3) is 22.8 Å². The Kier molecular flexibility index (Phi) is 3.06. The largest absolute Gasteiger partial charge is 0.0663 e. The quantitative estimate of drug-likeness (QED) is 0.503. The van der Waals surface area contributed by atoms with E-state index in [-0.39, 0.29) is 5.41 Å². The third-order valence-corrected chi connectivity index (χ3v) is 6.13. The van der Waals surface area contributed by atoms with E-state index in [1.807, 2.05) is 0 Å². The fourth-order valence-corrected chi connectivity index (χ4v) is 4.70. The molecule has 1 unspecified atom stereocenters. The average Bonchev–Trinajstić information content (AvgIpc) is 3.17. The predicted molar refractivity (Wildman–Crippen MR) is 106 cm³/mol. The summed E-state index contributed by atoms with van der Waals surface area (Å²) in [6.45, 7) is 4.70. The first kappa shape index (κ1) is 14.7. The zero-order chi connectivity index (χ0) is 17.0. The Morgan fingerprint density at radius 2 is 1.52 bits per heavy atom. The lowest BCUT2D eigenvalue weighted by molar-refractivity contribution is 0.591. The first-order valence-electron chi connectivity index (χ1n) is 9.24. The minimum Gasteiger partial charge on any atom is -0.0663 e. The van der Waals surface area contributed by atoms with Gasteiger partial charge in [-0.1, -0.05) is 86.7 Å². The van der Waals surface area contributed by atoms with Gasteiger partial charge in [-0.3, -0.25) is 0 Å². The molecular weight excluding hydrogens is 300 g/mol. The van der Waals surface area contributed by atoms with Crippen LogP contribution in [0.3, 0.4) is 0 Å². The minimum atomic E-state index is 0.105. The highest BCUT2D eigenvalue weighted by Crippen LogP contribution is 2.45. The van der Waals surface area contributed by atoms with Gasteiger partial charge in [0.05, 0.1) is 0 Å². The highest BCUT2D eigenvalue weighted by atomic mass is 14.4. The van der Waals surface area contributed by atoms with Crippen molar-refractivity contribution in [1.82, 2.24) is 0 Å².